The van der Waals surface area contributed by atoms with Gasteiger partial charge in [-0.15, -0.1) is 0 Å². The summed E-state index contributed by atoms with van der Waals surface area (Å²) in [7, 11) is 0. The minimum Gasteiger partial charge on any atom is -0.354 e. The number of anilines is 1. The monoisotopic (exact) mass is 273 g/mol. The van der Waals surface area contributed by atoms with Crippen LogP contribution in [0.25, 0.3) is 11.1 Å². The molecule has 0 amide bonds. The largest absolute Gasteiger partial charge is 0.354 e. The van der Waals surface area contributed by atoms with Gasteiger partial charge in [0.1, 0.15) is 5.82 Å². The van der Waals surface area contributed by atoms with E-state index in [1.165, 1.54) is 0 Å². The van der Waals surface area contributed by atoms with Crippen LogP contribution in [0, 0.1) is 0 Å². The van der Waals surface area contributed by atoms with Gasteiger partial charge in [0.15, 0.2) is 0 Å². The van der Waals surface area contributed by atoms with E-state index in [0.29, 0.717) is 0 Å². The summed E-state index contributed by atoms with van der Waals surface area (Å²) in [6.07, 6.45) is 1.90. The maximum Gasteiger partial charge on any atom is 0.128 e. The topological polar surface area (TPSA) is 28.2 Å². The van der Waals surface area contributed by atoms with Gasteiger partial charge in [-0.3, -0.25) is 0 Å². The van der Waals surface area contributed by atoms with Crippen LogP contribution < -0.4 is 10.2 Å². The summed E-state index contributed by atoms with van der Waals surface area (Å²) in [6.45, 7) is 4.07. The number of benzene rings is 1. The Hall–Kier alpha value is -1.58. The second kappa shape index (κ2) is 5.59. The standard InChI is InChI=1S/C15H16ClN3/c16-14-4-2-1-3-13(14)12-5-6-15(18-11-12)19-9-7-17-8-10-19/h1-6,11,17H,7-10H2. The molecular weight excluding hydrogens is 258 g/mol. The molecule has 1 aromatic carbocycles. The van der Waals surface area contributed by atoms with Crippen LogP contribution in [-0.2, 0) is 0 Å². The van der Waals surface area contributed by atoms with Gasteiger partial charge in [0.25, 0.3) is 0 Å². The molecule has 0 spiro atoms. The minimum atomic E-state index is 0.763. The molecule has 0 saturated carbocycles. The van der Waals surface area contributed by atoms with Crippen molar-refractivity contribution < 1.29 is 0 Å². The molecule has 3 nitrogen and oxygen atoms in total. The van der Waals surface area contributed by atoms with E-state index in [9.17, 15) is 0 Å². The number of rotatable bonds is 2. The van der Waals surface area contributed by atoms with Gasteiger partial charge in [0.2, 0.25) is 0 Å². The maximum atomic E-state index is 6.20. The van der Waals surface area contributed by atoms with Crippen molar-refractivity contribution in [2.24, 2.45) is 0 Å². The summed E-state index contributed by atoms with van der Waals surface area (Å²) in [4.78, 5) is 6.86. The van der Waals surface area contributed by atoms with Gasteiger partial charge in [-0.05, 0) is 18.2 Å². The van der Waals surface area contributed by atoms with E-state index in [1.54, 1.807) is 0 Å². The van der Waals surface area contributed by atoms with Gasteiger partial charge in [0.05, 0.1) is 0 Å². The third-order valence-electron chi connectivity index (χ3n) is 3.37. The summed E-state index contributed by atoms with van der Waals surface area (Å²) in [5, 5.41) is 4.11. The van der Waals surface area contributed by atoms with E-state index in [0.717, 1.165) is 48.1 Å². The summed E-state index contributed by atoms with van der Waals surface area (Å²) in [6, 6.07) is 12.0. The molecule has 2 heterocycles. The fourth-order valence-electron chi connectivity index (χ4n) is 2.32. The number of hydrogen-bond donors (Lipinski definition) is 1. The van der Waals surface area contributed by atoms with E-state index < -0.39 is 0 Å². The molecule has 2 aromatic rings. The summed E-state index contributed by atoms with van der Waals surface area (Å²) >= 11 is 6.20. The van der Waals surface area contributed by atoms with E-state index in [-0.39, 0.29) is 0 Å². The molecule has 0 radical (unpaired) electrons. The van der Waals surface area contributed by atoms with Crippen LogP contribution in [0.3, 0.4) is 0 Å². The van der Waals surface area contributed by atoms with Crippen molar-refractivity contribution in [1.82, 2.24) is 10.3 Å². The summed E-state index contributed by atoms with van der Waals surface area (Å²) < 4.78 is 0. The van der Waals surface area contributed by atoms with Crippen LogP contribution in [0.1, 0.15) is 0 Å². The molecule has 1 N–H and O–H groups in total. The Bertz CT molecular complexity index is 548. The first-order chi connectivity index (χ1) is 9.34. The van der Waals surface area contributed by atoms with Gasteiger partial charge < -0.3 is 10.2 Å². The Morgan fingerprint density at radius 2 is 1.84 bits per heavy atom. The summed E-state index contributed by atoms with van der Waals surface area (Å²) in [5.41, 5.74) is 2.09. The average molecular weight is 274 g/mol. The van der Waals surface area contributed by atoms with Crippen LogP contribution in [0.2, 0.25) is 5.02 Å². The van der Waals surface area contributed by atoms with Crippen molar-refractivity contribution in [3.63, 3.8) is 0 Å². The zero-order valence-corrected chi connectivity index (χ0v) is 11.4. The highest BCUT2D eigenvalue weighted by atomic mass is 35.5. The molecule has 98 valence electrons. The van der Waals surface area contributed by atoms with Crippen LogP contribution >= 0.6 is 11.6 Å². The van der Waals surface area contributed by atoms with Crippen LogP contribution in [0.5, 0.6) is 0 Å². The number of nitrogens with one attached hydrogen (secondary N) is 1. The second-order valence-corrected chi connectivity index (χ2v) is 5.03. The molecule has 0 bridgehead atoms. The van der Waals surface area contributed by atoms with Gasteiger partial charge in [-0.25, -0.2) is 4.98 Å². The van der Waals surface area contributed by atoms with Crippen LogP contribution in [0.15, 0.2) is 42.6 Å². The number of aromatic nitrogens is 1. The molecule has 1 aliphatic rings. The highest BCUT2D eigenvalue weighted by Gasteiger charge is 2.11. The number of piperazine rings is 1. The molecule has 0 atom stereocenters. The van der Waals surface area contributed by atoms with Gasteiger partial charge in [-0.1, -0.05) is 29.8 Å². The lowest BCUT2D eigenvalue weighted by atomic mass is 10.1. The fraction of sp³-hybridized carbons (Fsp3) is 0.267. The Morgan fingerprint density at radius 3 is 2.53 bits per heavy atom. The molecule has 4 heteroatoms. The number of pyridine rings is 1. The highest BCUT2D eigenvalue weighted by molar-refractivity contribution is 6.33. The Balaban J connectivity index is 1.84. The molecular formula is C15H16ClN3. The quantitative estimate of drug-likeness (QED) is 0.912. The first-order valence-electron chi connectivity index (χ1n) is 6.51. The van der Waals surface area contributed by atoms with Gasteiger partial charge in [-0.2, -0.15) is 0 Å². The molecule has 0 aliphatic carbocycles. The van der Waals surface area contributed by atoms with Crippen molar-refractivity contribution in [3.05, 3.63) is 47.6 Å². The van der Waals surface area contributed by atoms with Crippen molar-refractivity contribution >= 4 is 17.4 Å². The number of nitrogens with zero attached hydrogens (tertiary/aromatic N) is 2. The molecule has 1 fully saturated rings. The van der Waals surface area contributed by atoms with Crippen molar-refractivity contribution in [1.29, 1.82) is 0 Å². The molecule has 1 aromatic heterocycles. The zero-order valence-electron chi connectivity index (χ0n) is 10.6. The Labute approximate surface area is 118 Å². The number of halogens is 1. The predicted octanol–water partition coefficient (Wildman–Crippen LogP) is 2.81. The first kappa shape index (κ1) is 12.5. The predicted molar refractivity (Wildman–Crippen MR) is 79.8 cm³/mol. The Kier molecular flexibility index (Phi) is 3.67. The smallest absolute Gasteiger partial charge is 0.128 e. The molecule has 0 unspecified atom stereocenters. The molecule has 1 saturated heterocycles. The molecule has 19 heavy (non-hydrogen) atoms. The van der Waals surface area contributed by atoms with E-state index >= 15 is 0 Å². The van der Waals surface area contributed by atoms with E-state index in [4.69, 9.17) is 11.6 Å². The molecule has 3 rings (SSSR count). The lowest BCUT2D eigenvalue weighted by Crippen LogP contribution is -2.43. The third-order valence-corrected chi connectivity index (χ3v) is 3.70. The maximum absolute atomic E-state index is 6.20. The average Bonchev–Trinajstić information content (AvgIpc) is 2.49. The normalized spacial score (nSPS) is 15.5. The van der Waals surface area contributed by atoms with Crippen molar-refractivity contribution in [3.8, 4) is 11.1 Å². The van der Waals surface area contributed by atoms with Gasteiger partial charge >= 0.3 is 0 Å². The SMILES string of the molecule is Clc1ccccc1-c1ccc(N2CCNCC2)nc1. The highest BCUT2D eigenvalue weighted by Crippen LogP contribution is 2.27. The zero-order chi connectivity index (χ0) is 13.1. The third kappa shape index (κ3) is 2.72. The van der Waals surface area contributed by atoms with Crippen LogP contribution in [0.4, 0.5) is 5.82 Å². The van der Waals surface area contributed by atoms with Crippen molar-refractivity contribution in [2.75, 3.05) is 31.1 Å². The number of hydrogen-bond acceptors (Lipinski definition) is 3. The summed E-state index contributed by atoms with van der Waals surface area (Å²) in [5.74, 6) is 1.04. The van der Waals surface area contributed by atoms with E-state index in [2.05, 4.69) is 27.3 Å². The lowest BCUT2D eigenvalue weighted by Gasteiger charge is -2.28. The van der Waals surface area contributed by atoms with Crippen LogP contribution in [-0.4, -0.2) is 31.2 Å². The Morgan fingerprint density at radius 1 is 1.05 bits per heavy atom. The van der Waals surface area contributed by atoms with Gasteiger partial charge in [0, 0.05) is 48.5 Å². The minimum absolute atomic E-state index is 0.763. The van der Waals surface area contributed by atoms with E-state index in [1.807, 2.05) is 30.5 Å². The van der Waals surface area contributed by atoms with Crippen molar-refractivity contribution in [2.45, 2.75) is 0 Å². The molecule has 1 aliphatic heterocycles. The second-order valence-electron chi connectivity index (χ2n) is 4.62. The fourth-order valence-corrected chi connectivity index (χ4v) is 2.57. The lowest BCUT2D eigenvalue weighted by molar-refractivity contribution is 0.585. The first-order valence-corrected chi connectivity index (χ1v) is 6.89.